The van der Waals surface area contributed by atoms with Gasteiger partial charge in [0.1, 0.15) is 21.5 Å². The fraction of sp³-hybridized carbons (Fsp3) is 0.381. The Hall–Kier alpha value is -2.41. The minimum atomic E-state index is -3.01. The number of hydrogen-bond donors (Lipinski definition) is 1. The Morgan fingerprint density at radius 3 is 2.75 bits per heavy atom. The van der Waals surface area contributed by atoms with Crippen LogP contribution in [0.25, 0.3) is 22.0 Å². The van der Waals surface area contributed by atoms with E-state index < -0.39 is 9.84 Å². The van der Waals surface area contributed by atoms with E-state index in [2.05, 4.69) is 14.9 Å². The first-order valence-electron chi connectivity index (χ1n) is 9.59. The van der Waals surface area contributed by atoms with Crippen LogP contribution in [0, 0.1) is 5.82 Å². The maximum Gasteiger partial charge on any atom is 0.150 e. The number of H-pyrrole nitrogens is 1. The third kappa shape index (κ3) is 3.90. The molecule has 1 aliphatic rings. The molecule has 1 fully saturated rings. The summed E-state index contributed by atoms with van der Waals surface area (Å²) in [6.07, 6.45) is 8.30. The molecule has 0 amide bonds. The highest BCUT2D eigenvalue weighted by Gasteiger charge is 2.23. The normalized spacial score (nSPS) is 18.8. The van der Waals surface area contributed by atoms with Crippen molar-refractivity contribution in [2.45, 2.75) is 30.9 Å². The molecule has 1 aliphatic heterocycles. The number of aromatic amines is 1. The number of aromatic nitrogens is 2. The molecule has 0 aliphatic carbocycles. The highest BCUT2D eigenvalue weighted by Crippen LogP contribution is 2.30. The van der Waals surface area contributed by atoms with Gasteiger partial charge in [0, 0.05) is 53.8 Å². The summed E-state index contributed by atoms with van der Waals surface area (Å²) in [6, 6.07) is 8.71. The van der Waals surface area contributed by atoms with Crippen LogP contribution >= 0.6 is 0 Å². The van der Waals surface area contributed by atoms with Crippen LogP contribution in [0.5, 0.6) is 0 Å². The zero-order valence-corrected chi connectivity index (χ0v) is 16.7. The van der Waals surface area contributed by atoms with Crippen LogP contribution in [0.1, 0.15) is 25.7 Å². The third-order valence-corrected chi connectivity index (χ3v) is 7.24. The van der Waals surface area contributed by atoms with Crippen LogP contribution in [-0.4, -0.2) is 43.0 Å². The van der Waals surface area contributed by atoms with E-state index in [0.29, 0.717) is 13.0 Å². The maximum atomic E-state index is 13.4. The first-order valence-corrected chi connectivity index (χ1v) is 11.5. The molecule has 3 heterocycles. The number of anilines is 1. The van der Waals surface area contributed by atoms with Crippen molar-refractivity contribution in [3.8, 4) is 11.1 Å². The lowest BCUT2D eigenvalue weighted by Crippen LogP contribution is -2.33. The van der Waals surface area contributed by atoms with E-state index in [0.717, 1.165) is 53.7 Å². The molecule has 1 N–H and O–H groups in total. The lowest BCUT2D eigenvalue weighted by molar-refractivity contribution is 0.525. The predicted octanol–water partition coefficient (Wildman–Crippen LogP) is 4.16. The number of halogens is 1. The summed E-state index contributed by atoms with van der Waals surface area (Å²) in [7, 11) is -3.01. The van der Waals surface area contributed by atoms with Crippen LogP contribution in [-0.2, 0) is 9.84 Å². The van der Waals surface area contributed by atoms with Crippen LogP contribution in [0.4, 0.5) is 10.2 Å². The molecule has 1 atom stereocenters. The Kier molecular flexibility index (Phi) is 5.10. The highest BCUT2D eigenvalue weighted by molar-refractivity contribution is 7.91. The Balaban J connectivity index is 1.55. The van der Waals surface area contributed by atoms with Gasteiger partial charge in [0.2, 0.25) is 0 Å². The Morgan fingerprint density at radius 1 is 1.14 bits per heavy atom. The van der Waals surface area contributed by atoms with E-state index in [1.165, 1.54) is 18.4 Å². The fourth-order valence-corrected chi connectivity index (χ4v) is 5.09. The number of rotatable bonds is 3. The second kappa shape index (κ2) is 7.54. The summed E-state index contributed by atoms with van der Waals surface area (Å²) in [5.41, 5.74) is 2.70. The van der Waals surface area contributed by atoms with Gasteiger partial charge in [-0.05, 0) is 49.6 Å². The molecule has 1 aromatic carbocycles. The molecule has 0 saturated carbocycles. The summed E-state index contributed by atoms with van der Waals surface area (Å²) in [5.74, 6) is 0.600. The van der Waals surface area contributed by atoms with Gasteiger partial charge >= 0.3 is 0 Å². The van der Waals surface area contributed by atoms with E-state index in [-0.39, 0.29) is 11.1 Å². The molecule has 148 valence electrons. The van der Waals surface area contributed by atoms with E-state index in [1.807, 2.05) is 24.5 Å². The van der Waals surface area contributed by atoms with E-state index in [4.69, 9.17) is 0 Å². The quantitative estimate of drug-likeness (QED) is 0.716. The maximum absolute atomic E-state index is 13.4. The fourth-order valence-electron chi connectivity index (χ4n) is 3.96. The third-order valence-electron chi connectivity index (χ3n) is 5.56. The molecule has 0 bridgehead atoms. The molecule has 3 aromatic rings. The molecular weight excluding hydrogens is 377 g/mol. The summed E-state index contributed by atoms with van der Waals surface area (Å²) >= 11 is 0. The van der Waals surface area contributed by atoms with Gasteiger partial charge in [0.25, 0.3) is 0 Å². The molecule has 1 unspecified atom stereocenters. The molecule has 0 radical (unpaired) electrons. The van der Waals surface area contributed by atoms with Crippen LogP contribution in [0.3, 0.4) is 0 Å². The lowest BCUT2D eigenvalue weighted by atomic mass is 10.1. The van der Waals surface area contributed by atoms with Crippen molar-refractivity contribution in [1.29, 1.82) is 0 Å². The lowest BCUT2D eigenvalue weighted by Gasteiger charge is -2.28. The Labute approximate surface area is 164 Å². The van der Waals surface area contributed by atoms with Gasteiger partial charge in [0.15, 0.2) is 0 Å². The standard InChI is InChI=1S/C21H24FN3O2S/c1-28(26,27)17-4-2-3-10-25(11-9-17)21-8-5-15(13-24-21)19-14-23-20-12-16(22)6-7-18(19)20/h5-8,12-14,17,23H,2-4,9-11H2,1H3. The Bertz CT molecular complexity index is 1080. The molecule has 5 nitrogen and oxygen atoms in total. The van der Waals surface area contributed by atoms with Gasteiger partial charge in [-0.25, -0.2) is 17.8 Å². The van der Waals surface area contributed by atoms with Gasteiger partial charge in [-0.3, -0.25) is 0 Å². The average Bonchev–Trinajstić information content (AvgIpc) is 3.04. The number of fused-ring (bicyclic) bond motifs is 1. The number of sulfone groups is 1. The van der Waals surface area contributed by atoms with E-state index in [1.54, 1.807) is 6.07 Å². The SMILES string of the molecule is CS(=O)(=O)C1CCCCN(c2ccc(-c3c[nH]c4cc(F)ccc34)cn2)CC1. The van der Waals surface area contributed by atoms with Crippen molar-refractivity contribution in [2.75, 3.05) is 24.2 Å². The molecular formula is C21H24FN3O2S. The summed E-state index contributed by atoms with van der Waals surface area (Å²) in [5, 5.41) is 0.694. The first-order chi connectivity index (χ1) is 13.4. The van der Waals surface area contributed by atoms with Gasteiger partial charge in [-0.1, -0.05) is 6.42 Å². The number of benzene rings is 1. The van der Waals surface area contributed by atoms with Crippen molar-refractivity contribution in [3.05, 3.63) is 48.5 Å². The summed E-state index contributed by atoms with van der Waals surface area (Å²) in [6.45, 7) is 1.58. The smallest absolute Gasteiger partial charge is 0.150 e. The van der Waals surface area contributed by atoms with Crippen molar-refractivity contribution >= 4 is 26.6 Å². The van der Waals surface area contributed by atoms with E-state index >= 15 is 0 Å². The number of nitrogens with one attached hydrogen (secondary N) is 1. The molecule has 4 rings (SSSR count). The predicted molar refractivity (Wildman–Crippen MR) is 111 cm³/mol. The molecule has 0 spiro atoms. The topological polar surface area (TPSA) is 66.1 Å². The van der Waals surface area contributed by atoms with Crippen LogP contribution < -0.4 is 4.90 Å². The minimum absolute atomic E-state index is 0.263. The average molecular weight is 402 g/mol. The van der Waals surface area contributed by atoms with Crippen molar-refractivity contribution in [1.82, 2.24) is 9.97 Å². The number of pyridine rings is 1. The van der Waals surface area contributed by atoms with Gasteiger partial charge in [0.05, 0.1) is 5.25 Å². The zero-order chi connectivity index (χ0) is 19.7. The van der Waals surface area contributed by atoms with Crippen LogP contribution in [0.2, 0.25) is 0 Å². The van der Waals surface area contributed by atoms with Crippen molar-refractivity contribution < 1.29 is 12.8 Å². The molecule has 2 aromatic heterocycles. The first kappa shape index (κ1) is 18.9. The second-order valence-electron chi connectivity index (χ2n) is 7.52. The van der Waals surface area contributed by atoms with E-state index in [9.17, 15) is 12.8 Å². The number of hydrogen-bond acceptors (Lipinski definition) is 4. The highest BCUT2D eigenvalue weighted by atomic mass is 32.2. The zero-order valence-electron chi connectivity index (χ0n) is 15.9. The molecule has 28 heavy (non-hydrogen) atoms. The molecule has 7 heteroatoms. The van der Waals surface area contributed by atoms with Gasteiger partial charge in [-0.15, -0.1) is 0 Å². The monoisotopic (exact) mass is 401 g/mol. The minimum Gasteiger partial charge on any atom is -0.360 e. The Morgan fingerprint density at radius 2 is 2.00 bits per heavy atom. The van der Waals surface area contributed by atoms with Crippen molar-refractivity contribution in [3.63, 3.8) is 0 Å². The largest absolute Gasteiger partial charge is 0.360 e. The summed E-state index contributed by atoms with van der Waals surface area (Å²) < 4.78 is 37.3. The van der Waals surface area contributed by atoms with Crippen LogP contribution in [0.15, 0.2) is 42.7 Å². The second-order valence-corrected chi connectivity index (χ2v) is 9.85. The number of nitrogens with zero attached hydrogens (tertiary/aromatic N) is 2. The molecule has 1 saturated heterocycles. The van der Waals surface area contributed by atoms with Gasteiger partial charge < -0.3 is 9.88 Å². The summed E-state index contributed by atoms with van der Waals surface area (Å²) in [4.78, 5) is 9.91. The van der Waals surface area contributed by atoms with Gasteiger partial charge in [-0.2, -0.15) is 0 Å². The van der Waals surface area contributed by atoms with Crippen molar-refractivity contribution in [2.24, 2.45) is 0 Å².